The monoisotopic (exact) mass is 472 g/mol. The predicted octanol–water partition coefficient (Wildman–Crippen LogP) is 5.84. The van der Waals surface area contributed by atoms with E-state index in [-0.39, 0.29) is 45.4 Å². The van der Waals surface area contributed by atoms with Crippen molar-refractivity contribution in [1.29, 1.82) is 0 Å². The molecule has 0 amide bonds. The molecule has 1 saturated heterocycles. The maximum Gasteiger partial charge on any atom is 0.138 e. The fourth-order valence-electron chi connectivity index (χ4n) is 10.1. The van der Waals surface area contributed by atoms with Gasteiger partial charge in [-0.25, -0.2) is 0 Å². The van der Waals surface area contributed by atoms with E-state index in [1.54, 1.807) is 0 Å². The number of carbonyl (C=O) groups is 1. The highest BCUT2D eigenvalue weighted by atomic mass is 16.6. The van der Waals surface area contributed by atoms with Gasteiger partial charge in [0, 0.05) is 11.8 Å². The van der Waals surface area contributed by atoms with E-state index >= 15 is 0 Å². The summed E-state index contributed by atoms with van der Waals surface area (Å²) in [7, 11) is 0. The summed E-state index contributed by atoms with van der Waals surface area (Å²) in [4.78, 5) is 12.9. The summed E-state index contributed by atoms with van der Waals surface area (Å²) in [6.45, 7) is 18.0. The molecule has 0 bridgehead atoms. The Labute approximate surface area is 206 Å². The molecular formula is C30H48O4. The fraction of sp³-hybridized carbons (Fsp3) is 0.900. The molecule has 192 valence electrons. The van der Waals surface area contributed by atoms with Crippen LogP contribution >= 0.6 is 0 Å². The van der Waals surface area contributed by atoms with Crippen LogP contribution in [0.4, 0.5) is 0 Å². The Morgan fingerprint density at radius 2 is 1.68 bits per heavy atom. The molecule has 4 fully saturated rings. The molecule has 34 heavy (non-hydrogen) atoms. The first-order valence-electron chi connectivity index (χ1n) is 13.9. The van der Waals surface area contributed by atoms with Gasteiger partial charge in [-0.15, -0.1) is 0 Å². The lowest BCUT2D eigenvalue weighted by Crippen LogP contribution is -2.65. The van der Waals surface area contributed by atoms with Gasteiger partial charge in [-0.3, -0.25) is 4.79 Å². The van der Waals surface area contributed by atoms with Crippen molar-refractivity contribution < 1.29 is 19.7 Å². The molecule has 0 unspecified atom stereocenters. The van der Waals surface area contributed by atoms with Crippen molar-refractivity contribution >= 4 is 5.78 Å². The minimum absolute atomic E-state index is 0.00216. The van der Waals surface area contributed by atoms with Crippen LogP contribution in [0.5, 0.6) is 0 Å². The van der Waals surface area contributed by atoms with Crippen LogP contribution in [-0.2, 0) is 9.53 Å². The van der Waals surface area contributed by atoms with Crippen molar-refractivity contribution in [2.24, 2.45) is 39.4 Å². The molecule has 0 aromatic heterocycles. The first kappa shape index (κ1) is 25.0. The largest absolute Gasteiger partial charge is 0.392 e. The molecule has 5 aliphatic rings. The number of hydrogen-bond donors (Lipinski definition) is 2. The number of carbonyl (C=O) groups excluding carboxylic acids is 1. The maximum atomic E-state index is 12.9. The summed E-state index contributed by atoms with van der Waals surface area (Å²) in [5.74, 6) is 1.28. The number of fused-ring (bicyclic) bond motifs is 5. The molecule has 0 spiro atoms. The van der Waals surface area contributed by atoms with E-state index in [9.17, 15) is 15.0 Å². The van der Waals surface area contributed by atoms with E-state index in [4.69, 9.17) is 4.74 Å². The van der Waals surface area contributed by atoms with E-state index < -0.39 is 6.10 Å². The second-order valence-corrected chi connectivity index (χ2v) is 14.6. The molecule has 0 radical (unpaired) electrons. The average molecular weight is 473 g/mol. The second kappa shape index (κ2) is 7.42. The third kappa shape index (κ3) is 3.16. The van der Waals surface area contributed by atoms with Gasteiger partial charge in [0.05, 0.1) is 17.8 Å². The van der Waals surface area contributed by atoms with Crippen LogP contribution < -0.4 is 0 Å². The van der Waals surface area contributed by atoms with Crippen LogP contribution in [0.15, 0.2) is 11.1 Å². The summed E-state index contributed by atoms with van der Waals surface area (Å²) in [6, 6.07) is 0. The van der Waals surface area contributed by atoms with Gasteiger partial charge in [0.25, 0.3) is 0 Å². The number of rotatable bonds is 4. The van der Waals surface area contributed by atoms with Gasteiger partial charge in [-0.2, -0.15) is 0 Å². The van der Waals surface area contributed by atoms with Crippen LogP contribution in [0.1, 0.15) is 107 Å². The lowest BCUT2D eigenvalue weighted by Gasteiger charge is -2.69. The summed E-state index contributed by atoms with van der Waals surface area (Å²) in [6.07, 6.45) is 6.59. The molecule has 2 N–H and O–H groups in total. The fourth-order valence-corrected chi connectivity index (χ4v) is 10.1. The standard InChI is InChI=1S/C30H48O4/c1-17(15-21(32)25-27(4,5)34-25)18-9-13-29(7)19(18)16-20(31)24-28(6)12-11-23(33)26(2,3)22(28)10-14-30(24,29)8/h17,20-22,24-25,31-32H,9-16H2,1-8H3/t17-,20-,21-,22+,24-,25-,28-,29+,30+/m1/s1. The normalized spacial score (nSPS) is 48.6. The molecule has 9 atom stereocenters. The molecular weight excluding hydrogens is 424 g/mol. The number of epoxide rings is 1. The SMILES string of the molecule is C[C@H](C[C@@H](O)[C@H]1OC1(C)C)C1=C2C[C@@H](O)[C@@H]3[C@]4(C)CCC(=O)C(C)(C)[C@@H]4CC[C@]3(C)[C@@]2(C)CC1. The highest BCUT2D eigenvalue weighted by Gasteiger charge is 2.69. The van der Waals surface area contributed by atoms with Crippen LogP contribution in [0.3, 0.4) is 0 Å². The Hall–Kier alpha value is -0.710. The molecule has 0 aromatic rings. The maximum absolute atomic E-state index is 12.9. The molecule has 4 heteroatoms. The third-order valence-corrected chi connectivity index (χ3v) is 12.2. The van der Waals surface area contributed by atoms with Gasteiger partial charge >= 0.3 is 0 Å². The summed E-state index contributed by atoms with van der Waals surface area (Å²) in [5.41, 5.74) is 2.59. The molecule has 5 rings (SSSR count). The number of ketones is 1. The lowest BCUT2D eigenvalue weighted by molar-refractivity contribution is -0.208. The molecule has 1 aliphatic heterocycles. The number of aliphatic hydroxyl groups excluding tert-OH is 2. The van der Waals surface area contributed by atoms with Crippen molar-refractivity contribution in [1.82, 2.24) is 0 Å². The molecule has 4 nitrogen and oxygen atoms in total. The van der Waals surface area contributed by atoms with Gasteiger partial charge in [0.1, 0.15) is 11.9 Å². The zero-order valence-electron chi connectivity index (χ0n) is 22.8. The summed E-state index contributed by atoms with van der Waals surface area (Å²) >= 11 is 0. The number of Topliss-reactive ketones (excluding diaryl/α,β-unsaturated/α-hetero) is 1. The highest BCUT2D eigenvalue weighted by Crippen LogP contribution is 2.74. The van der Waals surface area contributed by atoms with Crippen molar-refractivity contribution in [2.45, 2.75) is 131 Å². The number of allylic oxidation sites excluding steroid dienone is 1. The Bertz CT molecular complexity index is 917. The number of ether oxygens (including phenoxy) is 1. The quantitative estimate of drug-likeness (QED) is 0.398. The summed E-state index contributed by atoms with van der Waals surface area (Å²) in [5, 5.41) is 22.6. The van der Waals surface area contributed by atoms with Crippen molar-refractivity contribution in [3.05, 3.63) is 11.1 Å². The van der Waals surface area contributed by atoms with Gasteiger partial charge in [0.2, 0.25) is 0 Å². The molecule has 4 aliphatic carbocycles. The van der Waals surface area contributed by atoms with Crippen LogP contribution in [0.2, 0.25) is 0 Å². The first-order chi connectivity index (χ1) is 15.6. The minimum Gasteiger partial charge on any atom is -0.392 e. The van der Waals surface area contributed by atoms with Gasteiger partial charge in [0.15, 0.2) is 0 Å². The zero-order chi connectivity index (χ0) is 25.1. The van der Waals surface area contributed by atoms with Gasteiger partial charge in [-0.1, -0.05) is 52.7 Å². The Balaban J connectivity index is 1.47. The second-order valence-electron chi connectivity index (χ2n) is 14.6. The van der Waals surface area contributed by atoms with E-state index in [1.807, 2.05) is 0 Å². The zero-order valence-corrected chi connectivity index (χ0v) is 22.8. The third-order valence-electron chi connectivity index (χ3n) is 12.2. The number of hydrogen-bond acceptors (Lipinski definition) is 4. The topological polar surface area (TPSA) is 70.1 Å². The van der Waals surface area contributed by atoms with E-state index in [0.29, 0.717) is 24.0 Å². The minimum atomic E-state index is -0.432. The Kier molecular flexibility index (Phi) is 5.44. The molecule has 3 saturated carbocycles. The van der Waals surface area contributed by atoms with Crippen molar-refractivity contribution in [3.63, 3.8) is 0 Å². The lowest BCUT2D eigenvalue weighted by atomic mass is 9.36. The summed E-state index contributed by atoms with van der Waals surface area (Å²) < 4.78 is 5.72. The van der Waals surface area contributed by atoms with Crippen LogP contribution in [0, 0.1) is 39.4 Å². The van der Waals surface area contributed by atoms with Gasteiger partial charge < -0.3 is 14.9 Å². The van der Waals surface area contributed by atoms with Gasteiger partial charge in [-0.05, 0) is 92.8 Å². The molecule has 0 aromatic carbocycles. The van der Waals surface area contributed by atoms with E-state index in [0.717, 1.165) is 44.9 Å². The van der Waals surface area contributed by atoms with Crippen LogP contribution in [-0.4, -0.2) is 39.9 Å². The first-order valence-corrected chi connectivity index (χ1v) is 13.9. The highest BCUT2D eigenvalue weighted by molar-refractivity contribution is 5.85. The van der Waals surface area contributed by atoms with Crippen LogP contribution in [0.25, 0.3) is 0 Å². The predicted molar refractivity (Wildman–Crippen MR) is 134 cm³/mol. The van der Waals surface area contributed by atoms with E-state index in [1.165, 1.54) is 11.1 Å². The Morgan fingerprint density at radius 3 is 2.29 bits per heavy atom. The van der Waals surface area contributed by atoms with Crippen molar-refractivity contribution in [2.75, 3.05) is 0 Å². The molecule has 1 heterocycles. The van der Waals surface area contributed by atoms with E-state index in [2.05, 4.69) is 55.4 Å². The van der Waals surface area contributed by atoms with Crippen molar-refractivity contribution in [3.8, 4) is 0 Å². The Morgan fingerprint density at radius 1 is 1.03 bits per heavy atom. The average Bonchev–Trinajstić information content (AvgIpc) is 3.23. The number of aliphatic hydroxyl groups is 2. The smallest absolute Gasteiger partial charge is 0.138 e.